The average Bonchev–Trinajstić information content (AvgIpc) is 2.60. The third kappa shape index (κ3) is 2.35. The summed E-state index contributed by atoms with van der Waals surface area (Å²) in [6.45, 7) is 6.53. The molecule has 1 N–H and O–H groups in total. The summed E-state index contributed by atoms with van der Waals surface area (Å²) in [5, 5.41) is 8.11. The van der Waals surface area contributed by atoms with E-state index in [0.717, 1.165) is 22.4 Å². The standard InChI is InChI=1S/C11H13BrClN5/c1-4-14-11-15-5-8(12)10(16-11)18-7(3)9(13)6(2)17-18/h5H,4H2,1-3H3,(H,14,15,16). The fourth-order valence-corrected chi connectivity index (χ4v) is 2.06. The van der Waals surface area contributed by atoms with Crippen LogP contribution in [0.2, 0.25) is 5.02 Å². The largest absolute Gasteiger partial charge is 0.354 e. The van der Waals surface area contributed by atoms with E-state index in [2.05, 4.69) is 36.3 Å². The summed E-state index contributed by atoms with van der Waals surface area (Å²) >= 11 is 9.57. The quantitative estimate of drug-likeness (QED) is 0.939. The number of rotatable bonds is 3. The van der Waals surface area contributed by atoms with Gasteiger partial charge >= 0.3 is 0 Å². The smallest absolute Gasteiger partial charge is 0.224 e. The Hall–Kier alpha value is -1.14. The van der Waals surface area contributed by atoms with E-state index in [0.29, 0.717) is 16.8 Å². The van der Waals surface area contributed by atoms with Crippen molar-refractivity contribution in [3.8, 4) is 5.82 Å². The monoisotopic (exact) mass is 329 g/mol. The maximum absolute atomic E-state index is 6.14. The lowest BCUT2D eigenvalue weighted by atomic mass is 10.4. The Balaban J connectivity index is 2.55. The Morgan fingerprint density at radius 1 is 1.44 bits per heavy atom. The van der Waals surface area contributed by atoms with Gasteiger partial charge in [-0.15, -0.1) is 0 Å². The molecule has 0 aliphatic carbocycles. The number of nitrogens with zero attached hydrogens (tertiary/aromatic N) is 4. The molecule has 0 unspecified atom stereocenters. The molecule has 0 saturated carbocycles. The molecule has 96 valence electrons. The highest BCUT2D eigenvalue weighted by Crippen LogP contribution is 2.25. The van der Waals surface area contributed by atoms with Crippen molar-refractivity contribution in [3.05, 3.63) is 27.1 Å². The second-order valence-electron chi connectivity index (χ2n) is 3.79. The van der Waals surface area contributed by atoms with E-state index in [4.69, 9.17) is 11.6 Å². The van der Waals surface area contributed by atoms with Gasteiger partial charge in [0, 0.05) is 12.7 Å². The zero-order valence-electron chi connectivity index (χ0n) is 10.3. The topological polar surface area (TPSA) is 55.6 Å². The molecule has 2 aromatic heterocycles. The maximum atomic E-state index is 6.14. The molecule has 18 heavy (non-hydrogen) atoms. The second kappa shape index (κ2) is 5.24. The fourth-order valence-electron chi connectivity index (χ4n) is 1.58. The normalized spacial score (nSPS) is 10.7. The van der Waals surface area contributed by atoms with Gasteiger partial charge in [-0.25, -0.2) is 9.67 Å². The summed E-state index contributed by atoms with van der Waals surface area (Å²) < 4.78 is 2.48. The van der Waals surface area contributed by atoms with Crippen molar-refractivity contribution in [2.24, 2.45) is 0 Å². The minimum absolute atomic E-state index is 0.569. The van der Waals surface area contributed by atoms with E-state index in [9.17, 15) is 0 Å². The first kappa shape index (κ1) is 13.3. The highest BCUT2D eigenvalue weighted by molar-refractivity contribution is 9.10. The van der Waals surface area contributed by atoms with Crippen molar-refractivity contribution in [3.63, 3.8) is 0 Å². The lowest BCUT2D eigenvalue weighted by molar-refractivity contribution is 0.796. The first-order valence-electron chi connectivity index (χ1n) is 5.53. The average molecular weight is 331 g/mol. The lowest BCUT2D eigenvalue weighted by Gasteiger charge is -2.08. The van der Waals surface area contributed by atoms with Crippen LogP contribution in [-0.2, 0) is 0 Å². The van der Waals surface area contributed by atoms with Crippen molar-refractivity contribution >= 4 is 33.5 Å². The molecule has 2 rings (SSSR count). The SMILES string of the molecule is CCNc1ncc(Br)c(-n2nc(C)c(Cl)c2C)n1. The molecule has 0 amide bonds. The van der Waals surface area contributed by atoms with Crippen LogP contribution in [0.5, 0.6) is 0 Å². The Labute approximate surface area is 119 Å². The van der Waals surface area contributed by atoms with Crippen molar-refractivity contribution in [1.29, 1.82) is 0 Å². The number of halogens is 2. The number of aromatic nitrogens is 4. The maximum Gasteiger partial charge on any atom is 0.224 e. The van der Waals surface area contributed by atoms with Crippen molar-refractivity contribution < 1.29 is 0 Å². The number of anilines is 1. The lowest BCUT2D eigenvalue weighted by Crippen LogP contribution is -2.08. The Kier molecular flexibility index (Phi) is 3.87. The molecule has 0 fully saturated rings. The van der Waals surface area contributed by atoms with Crippen LogP contribution >= 0.6 is 27.5 Å². The Bertz CT molecular complexity index is 581. The summed E-state index contributed by atoms with van der Waals surface area (Å²) in [5.41, 5.74) is 1.64. The van der Waals surface area contributed by atoms with Crippen molar-refractivity contribution in [2.45, 2.75) is 20.8 Å². The van der Waals surface area contributed by atoms with Gasteiger partial charge in [0.15, 0.2) is 5.82 Å². The van der Waals surface area contributed by atoms with Gasteiger partial charge in [-0.3, -0.25) is 0 Å². The molecule has 0 atom stereocenters. The van der Waals surface area contributed by atoms with Gasteiger partial charge in [-0.05, 0) is 36.7 Å². The van der Waals surface area contributed by atoms with E-state index >= 15 is 0 Å². The van der Waals surface area contributed by atoms with Gasteiger partial charge in [0.2, 0.25) is 5.95 Å². The third-order valence-electron chi connectivity index (χ3n) is 2.46. The van der Waals surface area contributed by atoms with Crippen LogP contribution < -0.4 is 5.32 Å². The van der Waals surface area contributed by atoms with Gasteiger partial charge < -0.3 is 5.32 Å². The van der Waals surface area contributed by atoms with Gasteiger partial charge in [0.1, 0.15) is 0 Å². The Morgan fingerprint density at radius 3 is 2.72 bits per heavy atom. The molecule has 5 nitrogen and oxygen atoms in total. The second-order valence-corrected chi connectivity index (χ2v) is 5.02. The third-order valence-corrected chi connectivity index (χ3v) is 3.57. The van der Waals surface area contributed by atoms with E-state index in [1.807, 2.05) is 20.8 Å². The number of nitrogens with one attached hydrogen (secondary N) is 1. The Morgan fingerprint density at radius 2 is 2.17 bits per heavy atom. The summed E-state index contributed by atoms with van der Waals surface area (Å²) in [5.74, 6) is 1.24. The highest BCUT2D eigenvalue weighted by atomic mass is 79.9. The van der Waals surface area contributed by atoms with E-state index in [-0.39, 0.29) is 0 Å². The molecular formula is C11H13BrClN5. The van der Waals surface area contributed by atoms with Gasteiger partial charge in [-0.2, -0.15) is 10.1 Å². The number of aryl methyl sites for hydroxylation is 1. The summed E-state index contributed by atoms with van der Waals surface area (Å²) in [4.78, 5) is 8.59. The van der Waals surface area contributed by atoms with Crippen molar-refractivity contribution in [1.82, 2.24) is 19.7 Å². The fraction of sp³-hybridized carbons (Fsp3) is 0.364. The molecule has 0 aliphatic rings. The van der Waals surface area contributed by atoms with E-state index in [1.54, 1.807) is 10.9 Å². The first-order chi connectivity index (χ1) is 8.54. The van der Waals surface area contributed by atoms with Gasteiger partial charge in [0.25, 0.3) is 0 Å². The van der Waals surface area contributed by atoms with Gasteiger partial charge in [0.05, 0.1) is 20.9 Å². The molecule has 2 aromatic rings. The minimum Gasteiger partial charge on any atom is -0.354 e. The summed E-state index contributed by atoms with van der Waals surface area (Å²) in [6.07, 6.45) is 1.70. The number of hydrogen-bond donors (Lipinski definition) is 1. The summed E-state index contributed by atoms with van der Waals surface area (Å²) in [7, 11) is 0. The zero-order valence-corrected chi connectivity index (χ0v) is 12.7. The molecular weight excluding hydrogens is 318 g/mol. The zero-order chi connectivity index (χ0) is 13.3. The van der Waals surface area contributed by atoms with Crippen LogP contribution in [0.1, 0.15) is 18.3 Å². The predicted molar refractivity (Wildman–Crippen MR) is 75.5 cm³/mol. The van der Waals surface area contributed by atoms with Crippen LogP contribution in [0, 0.1) is 13.8 Å². The van der Waals surface area contributed by atoms with Crippen molar-refractivity contribution in [2.75, 3.05) is 11.9 Å². The van der Waals surface area contributed by atoms with E-state index < -0.39 is 0 Å². The molecule has 7 heteroatoms. The number of hydrogen-bond acceptors (Lipinski definition) is 4. The van der Waals surface area contributed by atoms with Crippen LogP contribution in [0.15, 0.2) is 10.7 Å². The molecule has 0 saturated heterocycles. The van der Waals surface area contributed by atoms with Crippen LogP contribution in [0.25, 0.3) is 5.82 Å². The van der Waals surface area contributed by atoms with E-state index in [1.165, 1.54) is 0 Å². The van der Waals surface area contributed by atoms with Crippen LogP contribution in [-0.4, -0.2) is 26.3 Å². The molecule has 0 bridgehead atoms. The molecule has 0 aliphatic heterocycles. The summed E-state index contributed by atoms with van der Waals surface area (Å²) in [6, 6.07) is 0. The molecule has 0 radical (unpaired) electrons. The molecule has 2 heterocycles. The predicted octanol–water partition coefficient (Wildman–Crippen LogP) is 3.13. The minimum atomic E-state index is 0.569. The molecule has 0 aromatic carbocycles. The first-order valence-corrected chi connectivity index (χ1v) is 6.70. The van der Waals surface area contributed by atoms with Crippen LogP contribution in [0.4, 0.5) is 5.95 Å². The van der Waals surface area contributed by atoms with Gasteiger partial charge in [-0.1, -0.05) is 11.6 Å². The van der Waals surface area contributed by atoms with Crippen LogP contribution in [0.3, 0.4) is 0 Å². The highest BCUT2D eigenvalue weighted by Gasteiger charge is 2.15. The molecule has 0 spiro atoms.